The zero-order valence-electron chi connectivity index (χ0n) is 8.97. The van der Waals surface area contributed by atoms with Crippen LogP contribution < -0.4 is 0 Å². The monoisotopic (exact) mass is 426 g/mol. The quantitative estimate of drug-likeness (QED) is 0.426. The van der Waals surface area contributed by atoms with Gasteiger partial charge in [0.1, 0.15) is 0 Å². The van der Waals surface area contributed by atoms with E-state index in [1.807, 2.05) is 0 Å². The van der Waals surface area contributed by atoms with Gasteiger partial charge in [0.15, 0.2) is 0 Å². The summed E-state index contributed by atoms with van der Waals surface area (Å²) in [5.41, 5.74) is 2.79. The van der Waals surface area contributed by atoms with Crippen LogP contribution in [0.25, 0.3) is 3.58 Å². The molecule has 0 bridgehead atoms. The molecule has 0 fully saturated rings. The lowest BCUT2D eigenvalue weighted by Crippen LogP contribution is -1.85. The van der Waals surface area contributed by atoms with Gasteiger partial charge >= 0.3 is 0 Å². The molecule has 0 heterocycles. The second-order valence-corrected chi connectivity index (χ2v) is 5.40. The normalized spacial score (nSPS) is 11.8. The highest BCUT2D eigenvalue weighted by atomic mass is 127. The van der Waals surface area contributed by atoms with Crippen molar-refractivity contribution in [1.82, 2.24) is 0 Å². The van der Waals surface area contributed by atoms with E-state index < -0.39 is 0 Å². The largest absolute Gasteiger partial charge is 0.0654 e. The summed E-state index contributed by atoms with van der Waals surface area (Å²) in [5, 5.41) is 0. The van der Waals surface area contributed by atoms with Crippen molar-refractivity contribution in [2.45, 2.75) is 32.6 Å². The standard InChI is InChI=1S/C13H16I2/c1-2-3-4-5-11-6-8-12(9-7-11)13(15)10-14/h6-10H,2-5H2,1H3/b13-10+. The summed E-state index contributed by atoms with van der Waals surface area (Å²) in [6, 6.07) is 8.95. The van der Waals surface area contributed by atoms with E-state index >= 15 is 0 Å². The molecule has 0 aromatic heterocycles. The molecule has 1 aromatic carbocycles. The van der Waals surface area contributed by atoms with E-state index in [-0.39, 0.29) is 0 Å². The van der Waals surface area contributed by atoms with Gasteiger partial charge in [-0.1, -0.05) is 66.6 Å². The van der Waals surface area contributed by atoms with Crippen LogP contribution in [0, 0.1) is 0 Å². The van der Waals surface area contributed by atoms with Crippen LogP contribution in [0.2, 0.25) is 0 Å². The lowest BCUT2D eigenvalue weighted by atomic mass is 10.1. The molecule has 0 spiro atoms. The van der Waals surface area contributed by atoms with Gasteiger partial charge in [0.2, 0.25) is 0 Å². The molecule has 0 aliphatic heterocycles. The highest BCUT2D eigenvalue weighted by molar-refractivity contribution is 14.1. The Morgan fingerprint density at radius 3 is 2.40 bits per heavy atom. The van der Waals surface area contributed by atoms with E-state index in [0.717, 1.165) is 0 Å². The molecule has 0 radical (unpaired) electrons. The molecule has 15 heavy (non-hydrogen) atoms. The molecule has 0 aliphatic rings. The molecule has 2 heteroatoms. The second kappa shape index (κ2) is 7.65. The van der Waals surface area contributed by atoms with Crippen molar-refractivity contribution < 1.29 is 0 Å². The maximum Gasteiger partial charge on any atom is 0.0263 e. The van der Waals surface area contributed by atoms with Gasteiger partial charge in [-0.05, 0) is 50.6 Å². The van der Waals surface area contributed by atoms with Crippen LogP contribution in [-0.4, -0.2) is 0 Å². The van der Waals surface area contributed by atoms with Crippen molar-refractivity contribution in [2.24, 2.45) is 0 Å². The number of benzene rings is 1. The summed E-state index contributed by atoms with van der Waals surface area (Å²) in [7, 11) is 0. The minimum atomic E-state index is 1.22. The van der Waals surface area contributed by atoms with Crippen molar-refractivity contribution in [1.29, 1.82) is 0 Å². The minimum Gasteiger partial charge on any atom is -0.0654 e. The Morgan fingerprint density at radius 1 is 1.20 bits per heavy atom. The van der Waals surface area contributed by atoms with Gasteiger partial charge < -0.3 is 0 Å². The fourth-order valence-corrected chi connectivity index (χ4v) is 2.19. The van der Waals surface area contributed by atoms with E-state index in [4.69, 9.17) is 0 Å². The van der Waals surface area contributed by atoms with Crippen LogP contribution >= 0.6 is 45.2 Å². The van der Waals surface area contributed by atoms with Crippen molar-refractivity contribution in [3.8, 4) is 0 Å². The van der Waals surface area contributed by atoms with Gasteiger partial charge in [-0.3, -0.25) is 0 Å². The third-order valence-corrected chi connectivity index (χ3v) is 5.14. The molecular formula is C13H16I2. The molecule has 0 saturated carbocycles. The summed E-state index contributed by atoms with van der Waals surface area (Å²) >= 11 is 4.66. The predicted molar refractivity (Wildman–Crippen MR) is 85.7 cm³/mol. The van der Waals surface area contributed by atoms with Crippen molar-refractivity contribution in [3.05, 3.63) is 39.5 Å². The molecule has 0 saturated heterocycles. The van der Waals surface area contributed by atoms with Crippen LogP contribution in [0.5, 0.6) is 0 Å². The van der Waals surface area contributed by atoms with Crippen LogP contribution in [0.4, 0.5) is 0 Å². The van der Waals surface area contributed by atoms with Crippen LogP contribution in [0.1, 0.15) is 37.3 Å². The molecule has 0 atom stereocenters. The second-order valence-electron chi connectivity index (χ2n) is 3.61. The molecule has 0 aliphatic carbocycles. The topological polar surface area (TPSA) is 0 Å². The third kappa shape index (κ3) is 4.85. The Bertz CT molecular complexity index is 312. The highest BCUT2D eigenvalue weighted by Crippen LogP contribution is 2.23. The average Bonchev–Trinajstić information content (AvgIpc) is 2.29. The van der Waals surface area contributed by atoms with Crippen LogP contribution in [0.3, 0.4) is 0 Å². The number of hydrogen-bond acceptors (Lipinski definition) is 0. The van der Waals surface area contributed by atoms with E-state index in [0.29, 0.717) is 0 Å². The fraction of sp³-hybridized carbons (Fsp3) is 0.385. The molecule has 0 nitrogen and oxygen atoms in total. The molecule has 0 amide bonds. The molecule has 1 rings (SSSR count). The van der Waals surface area contributed by atoms with Gasteiger partial charge in [0.05, 0.1) is 0 Å². The van der Waals surface area contributed by atoms with Gasteiger partial charge in [-0.2, -0.15) is 0 Å². The third-order valence-electron chi connectivity index (χ3n) is 2.39. The van der Waals surface area contributed by atoms with E-state index in [2.05, 4.69) is 80.5 Å². The first-order valence-corrected chi connectivity index (χ1v) is 7.65. The number of aryl methyl sites for hydroxylation is 1. The Hall–Kier alpha value is 0.420. The molecule has 82 valence electrons. The van der Waals surface area contributed by atoms with E-state index in [1.54, 1.807) is 0 Å². The highest BCUT2D eigenvalue weighted by Gasteiger charge is 1.97. The summed E-state index contributed by atoms with van der Waals surface area (Å²) in [4.78, 5) is 0. The van der Waals surface area contributed by atoms with E-state index in [9.17, 15) is 0 Å². The van der Waals surface area contributed by atoms with Crippen molar-refractivity contribution in [2.75, 3.05) is 0 Å². The minimum absolute atomic E-state index is 1.22. The maximum atomic E-state index is 2.37. The van der Waals surface area contributed by atoms with Gasteiger partial charge in [-0.25, -0.2) is 0 Å². The van der Waals surface area contributed by atoms with E-state index in [1.165, 1.54) is 40.4 Å². The lowest BCUT2D eigenvalue weighted by molar-refractivity contribution is 0.717. The summed E-state index contributed by atoms with van der Waals surface area (Å²) in [5.74, 6) is 0. The summed E-state index contributed by atoms with van der Waals surface area (Å²) in [6.07, 6.45) is 5.17. The Kier molecular flexibility index (Phi) is 6.88. The summed E-state index contributed by atoms with van der Waals surface area (Å²) < 4.78 is 3.43. The number of rotatable bonds is 5. The zero-order chi connectivity index (χ0) is 11.1. The molecule has 1 aromatic rings. The average molecular weight is 426 g/mol. The van der Waals surface area contributed by atoms with Gasteiger partial charge in [-0.15, -0.1) is 0 Å². The Labute approximate surface area is 120 Å². The first kappa shape index (κ1) is 13.5. The first-order valence-electron chi connectivity index (χ1n) is 5.33. The van der Waals surface area contributed by atoms with Crippen LogP contribution in [0.15, 0.2) is 28.3 Å². The maximum absolute atomic E-state index is 2.37. The van der Waals surface area contributed by atoms with Crippen molar-refractivity contribution in [3.63, 3.8) is 0 Å². The molecule has 0 unspecified atom stereocenters. The Morgan fingerprint density at radius 2 is 1.87 bits per heavy atom. The zero-order valence-corrected chi connectivity index (χ0v) is 13.3. The smallest absolute Gasteiger partial charge is 0.0263 e. The number of unbranched alkanes of at least 4 members (excludes halogenated alkanes) is 2. The molecule has 0 N–H and O–H groups in total. The van der Waals surface area contributed by atoms with Gasteiger partial charge in [0.25, 0.3) is 0 Å². The lowest BCUT2D eigenvalue weighted by Gasteiger charge is -2.03. The van der Waals surface area contributed by atoms with Gasteiger partial charge in [0, 0.05) is 3.58 Å². The van der Waals surface area contributed by atoms with Crippen molar-refractivity contribution >= 4 is 48.8 Å². The summed E-state index contributed by atoms with van der Waals surface area (Å²) in [6.45, 7) is 2.25. The predicted octanol–water partition coefficient (Wildman–Crippen LogP) is 5.59. The first-order chi connectivity index (χ1) is 7.27. The molecular weight excluding hydrogens is 410 g/mol. The number of hydrogen-bond donors (Lipinski definition) is 0. The van der Waals surface area contributed by atoms with Crippen LogP contribution in [-0.2, 0) is 6.42 Å². The Balaban J connectivity index is 2.56. The SMILES string of the molecule is CCCCCc1ccc(/C(I)=C\I)cc1. The fourth-order valence-electron chi connectivity index (χ4n) is 1.47. The number of halogens is 2.